The van der Waals surface area contributed by atoms with Gasteiger partial charge in [0.25, 0.3) is 0 Å². The van der Waals surface area contributed by atoms with Gasteiger partial charge in [-0.15, -0.1) is 0 Å². The first-order chi connectivity index (χ1) is 17.6. The molecule has 4 rings (SSSR count). The van der Waals surface area contributed by atoms with E-state index in [1.54, 1.807) is 24.0 Å². The molecule has 3 aromatic carbocycles. The molecule has 6 nitrogen and oxygen atoms in total. The average Bonchev–Trinajstić information content (AvgIpc) is 3.26. The van der Waals surface area contributed by atoms with Crippen LogP contribution >= 0.6 is 0 Å². The molecule has 0 N–H and O–H groups in total. The van der Waals surface area contributed by atoms with E-state index in [9.17, 15) is 14.4 Å². The van der Waals surface area contributed by atoms with E-state index in [4.69, 9.17) is 9.47 Å². The standard InChI is InChI=1S/C31H33NO5/c1-19(2)27-15-8-21(4)16-28(27)37-26-13-11-25(12-14-26)32-18-24(17-29(32)33)31(35)36-22(5)30(34)23-9-6-20(3)7-10-23/h6-16,19,22,24H,17-18H2,1-5H3/t22-,24+/m1/s1. The van der Waals surface area contributed by atoms with Gasteiger partial charge >= 0.3 is 5.97 Å². The molecule has 37 heavy (non-hydrogen) atoms. The number of hydrogen-bond acceptors (Lipinski definition) is 5. The number of Topliss-reactive ketones (excluding diaryl/α,β-unsaturated/α-hetero) is 1. The minimum atomic E-state index is -0.923. The first kappa shape index (κ1) is 26.1. The van der Waals surface area contributed by atoms with E-state index in [0.29, 0.717) is 22.9 Å². The molecule has 1 fully saturated rings. The Morgan fingerprint density at radius 1 is 0.892 bits per heavy atom. The zero-order chi connectivity index (χ0) is 26.7. The van der Waals surface area contributed by atoms with Gasteiger partial charge in [0.2, 0.25) is 11.7 Å². The average molecular weight is 500 g/mol. The van der Waals surface area contributed by atoms with Crippen molar-refractivity contribution in [2.45, 2.75) is 53.1 Å². The maximum Gasteiger partial charge on any atom is 0.312 e. The number of rotatable bonds is 8. The molecule has 3 aromatic rings. The summed E-state index contributed by atoms with van der Waals surface area (Å²) in [4.78, 5) is 39.7. The lowest BCUT2D eigenvalue weighted by Gasteiger charge is -2.19. The molecule has 1 heterocycles. The fraction of sp³-hybridized carbons (Fsp3) is 0.323. The molecule has 0 bridgehead atoms. The minimum Gasteiger partial charge on any atom is -0.457 e. The summed E-state index contributed by atoms with van der Waals surface area (Å²) in [5, 5.41) is 0. The lowest BCUT2D eigenvalue weighted by molar-refractivity contribution is -0.151. The van der Waals surface area contributed by atoms with Crippen LogP contribution in [0.15, 0.2) is 66.7 Å². The zero-order valence-electron chi connectivity index (χ0n) is 22.0. The van der Waals surface area contributed by atoms with Crippen molar-refractivity contribution in [1.82, 2.24) is 0 Å². The van der Waals surface area contributed by atoms with E-state index in [0.717, 1.165) is 22.4 Å². The molecule has 6 heteroatoms. The lowest BCUT2D eigenvalue weighted by atomic mass is 10.0. The Labute approximate surface area is 218 Å². The van der Waals surface area contributed by atoms with Gasteiger partial charge in [-0.2, -0.15) is 0 Å². The van der Waals surface area contributed by atoms with Crippen LogP contribution in [-0.4, -0.2) is 30.3 Å². The summed E-state index contributed by atoms with van der Waals surface area (Å²) in [5.41, 5.74) is 4.46. The number of amides is 1. The molecular formula is C31H33NO5. The molecule has 0 unspecified atom stereocenters. The Morgan fingerprint density at radius 2 is 1.54 bits per heavy atom. The molecule has 1 saturated heterocycles. The Balaban J connectivity index is 1.39. The fourth-order valence-corrected chi connectivity index (χ4v) is 4.42. The molecule has 0 aromatic heterocycles. The van der Waals surface area contributed by atoms with Gasteiger partial charge in [-0.1, -0.05) is 55.8 Å². The van der Waals surface area contributed by atoms with Crippen molar-refractivity contribution < 1.29 is 23.9 Å². The van der Waals surface area contributed by atoms with Gasteiger partial charge in [0.05, 0.1) is 5.92 Å². The van der Waals surface area contributed by atoms with Gasteiger partial charge in [0, 0.05) is 24.2 Å². The van der Waals surface area contributed by atoms with Crippen LogP contribution in [0.5, 0.6) is 11.5 Å². The van der Waals surface area contributed by atoms with E-state index in [-0.39, 0.29) is 24.7 Å². The van der Waals surface area contributed by atoms with Gasteiger partial charge in [-0.05, 0) is 68.1 Å². The monoisotopic (exact) mass is 499 g/mol. The summed E-state index contributed by atoms with van der Waals surface area (Å²) in [6, 6.07) is 20.6. The number of nitrogens with zero attached hydrogens (tertiary/aromatic N) is 1. The maximum atomic E-state index is 12.8. The number of hydrogen-bond donors (Lipinski definition) is 0. The van der Waals surface area contributed by atoms with Gasteiger partial charge < -0.3 is 14.4 Å². The molecule has 1 aliphatic heterocycles. The second kappa shape index (κ2) is 11.0. The third-order valence-corrected chi connectivity index (χ3v) is 6.62. The number of esters is 1. The molecule has 2 atom stereocenters. The quantitative estimate of drug-likeness (QED) is 0.265. The largest absolute Gasteiger partial charge is 0.457 e. The summed E-state index contributed by atoms with van der Waals surface area (Å²) >= 11 is 0. The topological polar surface area (TPSA) is 72.9 Å². The van der Waals surface area contributed by atoms with Crippen molar-refractivity contribution in [2.75, 3.05) is 11.4 Å². The third-order valence-electron chi connectivity index (χ3n) is 6.62. The van der Waals surface area contributed by atoms with Crippen LogP contribution in [-0.2, 0) is 14.3 Å². The number of carbonyl (C=O) groups excluding carboxylic acids is 3. The van der Waals surface area contributed by atoms with Crippen LogP contribution in [0.4, 0.5) is 5.69 Å². The second-order valence-electron chi connectivity index (χ2n) is 10.0. The predicted molar refractivity (Wildman–Crippen MR) is 143 cm³/mol. The van der Waals surface area contributed by atoms with Crippen molar-refractivity contribution in [3.8, 4) is 11.5 Å². The molecule has 0 radical (unpaired) electrons. The highest BCUT2D eigenvalue weighted by molar-refractivity contribution is 6.02. The smallest absolute Gasteiger partial charge is 0.312 e. The Bertz CT molecular complexity index is 1290. The Kier molecular flexibility index (Phi) is 7.77. The third kappa shape index (κ3) is 6.08. The van der Waals surface area contributed by atoms with Crippen LogP contribution in [0, 0.1) is 19.8 Å². The molecule has 1 amide bonds. The van der Waals surface area contributed by atoms with Gasteiger partial charge in [-0.3, -0.25) is 14.4 Å². The minimum absolute atomic E-state index is 0.0452. The van der Waals surface area contributed by atoms with Crippen LogP contribution in [0.2, 0.25) is 0 Å². The predicted octanol–water partition coefficient (Wildman–Crippen LogP) is 6.39. The van der Waals surface area contributed by atoms with E-state index in [1.807, 2.05) is 56.3 Å². The number of ether oxygens (including phenoxy) is 2. The van der Waals surface area contributed by atoms with Crippen LogP contribution in [0.3, 0.4) is 0 Å². The lowest BCUT2D eigenvalue weighted by Crippen LogP contribution is -2.30. The van der Waals surface area contributed by atoms with Crippen molar-refractivity contribution in [3.05, 3.63) is 89.0 Å². The van der Waals surface area contributed by atoms with Crippen LogP contribution < -0.4 is 9.64 Å². The summed E-state index contributed by atoms with van der Waals surface area (Å²) in [6.45, 7) is 9.99. The van der Waals surface area contributed by atoms with E-state index >= 15 is 0 Å². The number of anilines is 1. The van der Waals surface area contributed by atoms with Crippen molar-refractivity contribution in [2.24, 2.45) is 5.92 Å². The normalized spacial score (nSPS) is 16.1. The highest BCUT2D eigenvalue weighted by Gasteiger charge is 2.37. The molecule has 192 valence electrons. The molecule has 0 spiro atoms. The van der Waals surface area contributed by atoms with Crippen LogP contribution in [0.25, 0.3) is 0 Å². The maximum absolute atomic E-state index is 12.8. The molecule has 0 saturated carbocycles. The highest BCUT2D eigenvalue weighted by Crippen LogP contribution is 2.33. The second-order valence-corrected chi connectivity index (χ2v) is 10.0. The van der Waals surface area contributed by atoms with Crippen molar-refractivity contribution in [3.63, 3.8) is 0 Å². The Morgan fingerprint density at radius 3 is 2.19 bits per heavy atom. The number of ketones is 1. The molecule has 1 aliphatic rings. The van der Waals surface area contributed by atoms with E-state index in [2.05, 4.69) is 26.0 Å². The number of aryl methyl sites for hydroxylation is 2. The first-order valence-corrected chi connectivity index (χ1v) is 12.6. The summed E-state index contributed by atoms with van der Waals surface area (Å²) in [5.74, 6) is 0.221. The summed E-state index contributed by atoms with van der Waals surface area (Å²) in [7, 11) is 0. The number of carbonyl (C=O) groups is 3. The van der Waals surface area contributed by atoms with Gasteiger partial charge in [0.15, 0.2) is 6.10 Å². The zero-order valence-corrected chi connectivity index (χ0v) is 22.0. The van der Waals surface area contributed by atoms with Crippen molar-refractivity contribution in [1.29, 1.82) is 0 Å². The highest BCUT2D eigenvalue weighted by atomic mass is 16.5. The van der Waals surface area contributed by atoms with Crippen LogP contribution in [0.1, 0.15) is 60.2 Å². The van der Waals surface area contributed by atoms with Gasteiger partial charge in [0.1, 0.15) is 11.5 Å². The molecular weight excluding hydrogens is 466 g/mol. The first-order valence-electron chi connectivity index (χ1n) is 12.6. The summed E-state index contributed by atoms with van der Waals surface area (Å²) in [6.07, 6.45) is -0.878. The van der Waals surface area contributed by atoms with E-state index in [1.165, 1.54) is 0 Å². The van der Waals surface area contributed by atoms with Gasteiger partial charge in [-0.25, -0.2) is 0 Å². The number of benzene rings is 3. The fourth-order valence-electron chi connectivity index (χ4n) is 4.42. The SMILES string of the molecule is Cc1ccc(C(=O)[C@@H](C)OC(=O)[C@H]2CC(=O)N(c3ccc(Oc4cc(C)ccc4C(C)C)cc3)C2)cc1. The Hall–Kier alpha value is -3.93. The molecule has 0 aliphatic carbocycles. The van der Waals surface area contributed by atoms with Crippen molar-refractivity contribution >= 4 is 23.3 Å². The van der Waals surface area contributed by atoms with E-state index < -0.39 is 18.0 Å². The summed E-state index contributed by atoms with van der Waals surface area (Å²) < 4.78 is 11.6.